The van der Waals surface area contributed by atoms with Gasteiger partial charge in [-0.15, -0.1) is 0 Å². The molecule has 1 nitrogen and oxygen atoms in total. The number of hydrogen-bond acceptors (Lipinski definition) is 1. The van der Waals surface area contributed by atoms with E-state index in [0.717, 1.165) is 22.3 Å². The summed E-state index contributed by atoms with van der Waals surface area (Å²) in [7, 11) is 0. The second-order valence-electron chi connectivity index (χ2n) is 6.85. The lowest BCUT2D eigenvalue weighted by atomic mass is 9.66. The maximum atomic E-state index is 13.9. The number of carbonyl (C=O) groups excluding carboxylic acids is 1. The quantitative estimate of drug-likeness (QED) is 0.605. The summed E-state index contributed by atoms with van der Waals surface area (Å²) in [5.41, 5.74) is 2.78. The highest BCUT2D eigenvalue weighted by Crippen LogP contribution is 2.54. The molecule has 25 heavy (non-hydrogen) atoms. The predicted molar refractivity (Wildman–Crippen MR) is 108 cm³/mol. The molecule has 1 aromatic rings. The molecular weight excluding hydrogens is 304 g/mol. The summed E-state index contributed by atoms with van der Waals surface area (Å²) >= 11 is 0. The van der Waals surface area contributed by atoms with E-state index in [1.807, 2.05) is 71.1 Å². The van der Waals surface area contributed by atoms with Crippen molar-refractivity contribution in [2.24, 2.45) is 0 Å². The fourth-order valence-corrected chi connectivity index (χ4v) is 4.04. The van der Waals surface area contributed by atoms with Crippen molar-refractivity contribution < 1.29 is 4.79 Å². The zero-order valence-electron chi connectivity index (χ0n) is 16.0. The zero-order valence-corrected chi connectivity index (χ0v) is 16.0. The molecule has 0 saturated heterocycles. The van der Waals surface area contributed by atoms with Crippen LogP contribution in [0.15, 0.2) is 84.5 Å². The van der Waals surface area contributed by atoms with E-state index in [2.05, 4.69) is 30.9 Å². The highest BCUT2D eigenvalue weighted by atomic mass is 16.1. The zero-order chi connectivity index (χ0) is 18.7. The van der Waals surface area contributed by atoms with E-state index < -0.39 is 10.8 Å². The van der Waals surface area contributed by atoms with E-state index in [-0.39, 0.29) is 5.78 Å². The monoisotopic (exact) mass is 332 g/mol. The van der Waals surface area contributed by atoms with Gasteiger partial charge in [0.25, 0.3) is 0 Å². The number of fused-ring (bicyclic) bond motifs is 1. The van der Waals surface area contributed by atoms with Gasteiger partial charge in [0.05, 0.1) is 5.41 Å². The smallest absolute Gasteiger partial charge is 0.162 e. The van der Waals surface area contributed by atoms with Crippen LogP contribution in [0.25, 0.3) is 0 Å². The second kappa shape index (κ2) is 7.23. The fourth-order valence-electron chi connectivity index (χ4n) is 4.04. The molecule has 0 spiro atoms. The lowest BCUT2D eigenvalue weighted by Gasteiger charge is -2.34. The van der Waals surface area contributed by atoms with E-state index in [1.54, 1.807) is 6.08 Å². The molecule has 1 heteroatoms. The molecule has 0 heterocycles. The Hall–Kier alpha value is -2.41. The van der Waals surface area contributed by atoms with Crippen LogP contribution >= 0.6 is 0 Å². The molecule has 1 aliphatic carbocycles. The first-order valence-electron chi connectivity index (χ1n) is 8.83. The van der Waals surface area contributed by atoms with Gasteiger partial charge in [0, 0.05) is 0 Å². The van der Waals surface area contributed by atoms with Gasteiger partial charge in [-0.3, -0.25) is 4.79 Å². The molecule has 1 aliphatic rings. The van der Waals surface area contributed by atoms with E-state index in [1.165, 1.54) is 0 Å². The number of hydrogen-bond donors (Lipinski definition) is 0. The maximum absolute atomic E-state index is 13.9. The molecule has 0 N–H and O–H groups in total. The molecule has 0 saturated carbocycles. The van der Waals surface area contributed by atoms with Crippen LogP contribution < -0.4 is 0 Å². The van der Waals surface area contributed by atoms with Gasteiger partial charge < -0.3 is 0 Å². The predicted octanol–water partition coefficient (Wildman–Crippen LogP) is 6.00. The normalized spacial score (nSPS) is 23.5. The molecule has 0 amide bonds. The van der Waals surface area contributed by atoms with Crippen molar-refractivity contribution in [3.8, 4) is 0 Å². The standard InChI is InChI=1S/C24H28O/c1-7-13-18(10-4)24(19(14-8-2)15-9-3)21-17-12-11-16-20(21)23(5,6)22(24)25/h7-17H,2H2,1,3-6H3/b13-7-,15-9-,18-10+,19-14+. The molecule has 0 aliphatic heterocycles. The molecule has 0 radical (unpaired) electrons. The average molecular weight is 332 g/mol. The first-order valence-corrected chi connectivity index (χ1v) is 8.83. The molecular formula is C24H28O. The largest absolute Gasteiger partial charge is 0.297 e. The third-order valence-corrected chi connectivity index (χ3v) is 5.08. The first kappa shape index (κ1) is 18.9. The fraction of sp³-hybridized carbons (Fsp3) is 0.292. The summed E-state index contributed by atoms with van der Waals surface area (Å²) in [6.45, 7) is 13.9. The summed E-state index contributed by atoms with van der Waals surface area (Å²) in [4.78, 5) is 13.9. The Morgan fingerprint density at radius 2 is 1.52 bits per heavy atom. The Morgan fingerprint density at radius 1 is 0.960 bits per heavy atom. The topological polar surface area (TPSA) is 17.1 Å². The van der Waals surface area contributed by atoms with Crippen molar-refractivity contribution in [3.63, 3.8) is 0 Å². The molecule has 1 atom stereocenters. The Labute approximate surface area is 152 Å². The maximum Gasteiger partial charge on any atom is 0.162 e. The van der Waals surface area contributed by atoms with Crippen molar-refractivity contribution in [3.05, 3.63) is 95.6 Å². The van der Waals surface area contributed by atoms with Gasteiger partial charge in [-0.25, -0.2) is 0 Å². The van der Waals surface area contributed by atoms with Crippen molar-refractivity contribution in [1.29, 1.82) is 0 Å². The second-order valence-corrected chi connectivity index (χ2v) is 6.85. The van der Waals surface area contributed by atoms with E-state index in [0.29, 0.717) is 0 Å². The minimum absolute atomic E-state index is 0.207. The number of rotatable bonds is 5. The number of allylic oxidation sites excluding steroid dienone is 9. The minimum Gasteiger partial charge on any atom is -0.297 e. The van der Waals surface area contributed by atoms with Crippen LogP contribution in [-0.4, -0.2) is 5.78 Å². The Balaban J connectivity index is 3.03. The van der Waals surface area contributed by atoms with Crippen LogP contribution in [0, 0.1) is 0 Å². The first-order chi connectivity index (χ1) is 11.9. The summed E-state index contributed by atoms with van der Waals surface area (Å²) in [5.74, 6) is 0.207. The summed E-state index contributed by atoms with van der Waals surface area (Å²) in [5, 5.41) is 0. The molecule has 0 aromatic heterocycles. The highest BCUT2D eigenvalue weighted by Gasteiger charge is 2.57. The van der Waals surface area contributed by atoms with Gasteiger partial charge in [-0.1, -0.05) is 73.4 Å². The lowest BCUT2D eigenvalue weighted by Crippen LogP contribution is -2.41. The molecule has 0 bridgehead atoms. The summed E-state index contributed by atoms with van der Waals surface area (Å²) in [6.07, 6.45) is 13.9. The van der Waals surface area contributed by atoms with Crippen molar-refractivity contribution in [2.75, 3.05) is 0 Å². The van der Waals surface area contributed by atoms with Crippen molar-refractivity contribution in [1.82, 2.24) is 0 Å². The SMILES string of the molecule is C=C/C=C(\C=C/C)C1(C(/C=C\C)=C/C)C(=O)C(C)(C)c2ccccc21. The molecule has 0 fully saturated rings. The van der Waals surface area contributed by atoms with Gasteiger partial charge in [-0.2, -0.15) is 0 Å². The Kier molecular flexibility index (Phi) is 5.47. The molecule has 130 valence electrons. The summed E-state index contributed by atoms with van der Waals surface area (Å²) in [6, 6.07) is 8.21. The van der Waals surface area contributed by atoms with Crippen LogP contribution in [0.2, 0.25) is 0 Å². The van der Waals surface area contributed by atoms with Gasteiger partial charge in [0.2, 0.25) is 0 Å². The highest BCUT2D eigenvalue weighted by molar-refractivity contribution is 6.09. The van der Waals surface area contributed by atoms with E-state index in [9.17, 15) is 4.79 Å². The minimum atomic E-state index is -0.804. The summed E-state index contributed by atoms with van der Waals surface area (Å²) < 4.78 is 0. The van der Waals surface area contributed by atoms with Gasteiger partial charge >= 0.3 is 0 Å². The van der Waals surface area contributed by atoms with Crippen LogP contribution in [0.3, 0.4) is 0 Å². The average Bonchev–Trinajstić information content (AvgIpc) is 2.78. The third kappa shape index (κ3) is 2.68. The Bertz CT molecular complexity index is 799. The van der Waals surface area contributed by atoms with E-state index in [4.69, 9.17) is 0 Å². The molecule has 1 unspecified atom stereocenters. The molecule has 1 aromatic carbocycles. The number of Topliss-reactive ketones (excluding diaryl/α,β-unsaturated/α-hetero) is 1. The van der Waals surface area contributed by atoms with Crippen LogP contribution in [0.5, 0.6) is 0 Å². The number of carbonyl (C=O) groups is 1. The van der Waals surface area contributed by atoms with Crippen LogP contribution in [0.1, 0.15) is 45.7 Å². The van der Waals surface area contributed by atoms with E-state index >= 15 is 0 Å². The third-order valence-electron chi connectivity index (χ3n) is 5.08. The van der Waals surface area contributed by atoms with Crippen LogP contribution in [0.4, 0.5) is 0 Å². The number of benzene rings is 1. The van der Waals surface area contributed by atoms with Crippen molar-refractivity contribution in [2.45, 2.75) is 45.4 Å². The van der Waals surface area contributed by atoms with Gasteiger partial charge in [0.1, 0.15) is 5.41 Å². The van der Waals surface area contributed by atoms with Gasteiger partial charge in [0.15, 0.2) is 5.78 Å². The number of ketones is 1. The van der Waals surface area contributed by atoms with Crippen molar-refractivity contribution >= 4 is 5.78 Å². The molecule has 2 rings (SSSR count). The lowest BCUT2D eigenvalue weighted by molar-refractivity contribution is -0.125. The van der Waals surface area contributed by atoms with Gasteiger partial charge in [-0.05, 0) is 56.9 Å². The Morgan fingerprint density at radius 3 is 2.04 bits per heavy atom. The van der Waals surface area contributed by atoms with Crippen LogP contribution in [-0.2, 0) is 15.6 Å².